The van der Waals surface area contributed by atoms with E-state index in [2.05, 4.69) is 94.3 Å². The third-order valence-corrected chi connectivity index (χ3v) is 6.05. The molecule has 0 saturated carbocycles. The molecule has 5 heteroatoms. The fourth-order valence-corrected chi connectivity index (χ4v) is 4.16. The number of benzene rings is 3. The Hall–Kier alpha value is -3.50. The van der Waals surface area contributed by atoms with E-state index in [9.17, 15) is 5.26 Å². The van der Waals surface area contributed by atoms with E-state index in [4.69, 9.17) is 4.98 Å². The monoisotopic (exact) mass is 512 g/mol. The van der Waals surface area contributed by atoms with Gasteiger partial charge in [0, 0.05) is 20.3 Å². The second-order valence-corrected chi connectivity index (χ2v) is 8.60. The summed E-state index contributed by atoms with van der Waals surface area (Å²) in [4.78, 5) is 4.82. The van der Waals surface area contributed by atoms with Crippen LogP contribution in [-0.4, -0.2) is 15.2 Å². The Kier molecular flexibility index (Phi) is 5.00. The summed E-state index contributed by atoms with van der Waals surface area (Å²) in [5, 5.41) is 18.8. The first-order valence-electron chi connectivity index (χ1n) is 9.86. The van der Waals surface area contributed by atoms with E-state index in [0.29, 0.717) is 16.9 Å². The smallest absolute Gasteiger partial charge is 0.182 e. The molecular weight excluding hydrogens is 495 g/mol. The van der Waals surface area contributed by atoms with E-state index < -0.39 is 0 Å². The molecule has 5 aromatic rings. The van der Waals surface area contributed by atoms with Gasteiger partial charge in [0.25, 0.3) is 0 Å². The summed E-state index contributed by atoms with van der Waals surface area (Å²) < 4.78 is 1.16. The van der Waals surface area contributed by atoms with Gasteiger partial charge in [0.15, 0.2) is 5.65 Å². The van der Waals surface area contributed by atoms with Crippen LogP contribution in [0.5, 0.6) is 0 Å². The summed E-state index contributed by atoms with van der Waals surface area (Å²) in [6.45, 7) is 2.06. The number of nitrogens with zero attached hydrogens (tertiary/aromatic N) is 3. The molecule has 0 aliphatic rings. The number of halogens is 1. The minimum Gasteiger partial charge on any atom is -0.275 e. The van der Waals surface area contributed by atoms with Gasteiger partial charge in [-0.3, -0.25) is 5.10 Å². The summed E-state index contributed by atoms with van der Waals surface area (Å²) in [6, 6.07) is 28.7. The van der Waals surface area contributed by atoms with E-state index in [-0.39, 0.29) is 0 Å². The van der Waals surface area contributed by atoms with Crippen molar-refractivity contribution in [3.63, 3.8) is 0 Å². The number of nitriles is 1. The van der Waals surface area contributed by atoms with Gasteiger partial charge in [0.2, 0.25) is 0 Å². The van der Waals surface area contributed by atoms with Crippen LogP contribution in [0.2, 0.25) is 0 Å². The molecule has 148 valence electrons. The average molecular weight is 512 g/mol. The first-order chi connectivity index (χ1) is 15.2. The lowest BCUT2D eigenvalue weighted by Gasteiger charge is -2.12. The number of aryl methyl sites for hydroxylation is 1. The summed E-state index contributed by atoms with van der Waals surface area (Å²) in [7, 11) is 0. The second kappa shape index (κ2) is 7.97. The number of fused-ring (bicyclic) bond motifs is 1. The molecular formula is C26H17IN4. The highest BCUT2D eigenvalue weighted by Crippen LogP contribution is 2.40. The molecule has 0 amide bonds. The van der Waals surface area contributed by atoms with Crippen LogP contribution in [-0.2, 0) is 0 Å². The Labute approximate surface area is 193 Å². The average Bonchev–Trinajstić information content (AvgIpc) is 3.23. The van der Waals surface area contributed by atoms with Crippen molar-refractivity contribution in [3.8, 4) is 39.7 Å². The Morgan fingerprint density at radius 2 is 1.52 bits per heavy atom. The third-order valence-electron chi connectivity index (χ3n) is 5.33. The van der Waals surface area contributed by atoms with Crippen molar-refractivity contribution in [2.45, 2.75) is 6.92 Å². The van der Waals surface area contributed by atoms with Crippen molar-refractivity contribution in [1.29, 1.82) is 5.26 Å². The van der Waals surface area contributed by atoms with Crippen molar-refractivity contribution in [1.82, 2.24) is 15.2 Å². The molecule has 3 aromatic carbocycles. The second-order valence-electron chi connectivity index (χ2n) is 7.36. The summed E-state index contributed by atoms with van der Waals surface area (Å²) in [5.74, 6) is 0. The molecule has 0 aliphatic heterocycles. The molecule has 0 spiro atoms. The molecule has 0 fully saturated rings. The molecule has 4 nitrogen and oxygen atoms in total. The summed E-state index contributed by atoms with van der Waals surface area (Å²) in [5.41, 5.74) is 7.56. The van der Waals surface area contributed by atoms with Crippen molar-refractivity contribution in [2.75, 3.05) is 0 Å². The Morgan fingerprint density at radius 1 is 0.839 bits per heavy atom. The van der Waals surface area contributed by atoms with Gasteiger partial charge in [-0.1, -0.05) is 72.3 Å². The minimum atomic E-state index is 0.552. The highest BCUT2D eigenvalue weighted by Gasteiger charge is 2.22. The van der Waals surface area contributed by atoms with Crippen molar-refractivity contribution >= 4 is 33.6 Å². The molecule has 0 unspecified atom stereocenters. The Bertz CT molecular complexity index is 1430. The van der Waals surface area contributed by atoms with Gasteiger partial charge in [-0.15, -0.1) is 0 Å². The van der Waals surface area contributed by atoms with Crippen molar-refractivity contribution < 1.29 is 0 Å². The summed E-state index contributed by atoms with van der Waals surface area (Å²) >= 11 is 2.29. The predicted octanol–water partition coefficient (Wildman–Crippen LogP) is 6.74. The third kappa shape index (κ3) is 3.49. The molecule has 0 saturated heterocycles. The van der Waals surface area contributed by atoms with Crippen LogP contribution in [0.25, 0.3) is 44.7 Å². The van der Waals surface area contributed by atoms with E-state index in [0.717, 1.165) is 36.9 Å². The SMILES string of the molecule is Cc1ccc(-c2c(C#N)c(-c3ccccc3)nc3n[nH]c(-c4ccc(I)cc4)c23)cc1. The van der Waals surface area contributed by atoms with Gasteiger partial charge in [-0.2, -0.15) is 10.4 Å². The molecule has 2 heterocycles. The predicted molar refractivity (Wildman–Crippen MR) is 132 cm³/mol. The maximum Gasteiger partial charge on any atom is 0.182 e. The number of hydrogen-bond acceptors (Lipinski definition) is 3. The van der Waals surface area contributed by atoms with Crippen molar-refractivity contribution in [2.24, 2.45) is 0 Å². The maximum atomic E-state index is 10.2. The lowest BCUT2D eigenvalue weighted by atomic mass is 9.92. The van der Waals surface area contributed by atoms with Gasteiger partial charge in [0.1, 0.15) is 6.07 Å². The number of rotatable bonds is 3. The van der Waals surface area contributed by atoms with Crippen LogP contribution in [0.4, 0.5) is 0 Å². The lowest BCUT2D eigenvalue weighted by molar-refractivity contribution is 1.10. The molecule has 1 N–H and O–H groups in total. The van der Waals surface area contributed by atoms with E-state index in [1.54, 1.807) is 0 Å². The zero-order valence-corrected chi connectivity index (χ0v) is 18.9. The van der Waals surface area contributed by atoms with Gasteiger partial charge in [-0.05, 0) is 47.2 Å². The molecule has 0 atom stereocenters. The van der Waals surface area contributed by atoms with Crippen LogP contribution >= 0.6 is 22.6 Å². The molecule has 31 heavy (non-hydrogen) atoms. The van der Waals surface area contributed by atoms with Crippen LogP contribution < -0.4 is 0 Å². The minimum absolute atomic E-state index is 0.552. The summed E-state index contributed by atoms with van der Waals surface area (Å²) in [6.07, 6.45) is 0. The maximum absolute atomic E-state index is 10.2. The van der Waals surface area contributed by atoms with Gasteiger partial charge < -0.3 is 0 Å². The number of aromatic amines is 1. The first kappa shape index (κ1) is 19.5. The van der Waals surface area contributed by atoms with Gasteiger partial charge in [0.05, 0.1) is 22.3 Å². The number of aromatic nitrogens is 3. The van der Waals surface area contributed by atoms with Crippen LogP contribution in [0.1, 0.15) is 11.1 Å². The van der Waals surface area contributed by atoms with Crippen LogP contribution in [0, 0.1) is 21.8 Å². The van der Waals surface area contributed by atoms with Gasteiger partial charge in [-0.25, -0.2) is 4.98 Å². The number of nitrogens with one attached hydrogen (secondary N) is 1. The number of H-pyrrole nitrogens is 1. The van der Waals surface area contributed by atoms with E-state index in [1.807, 2.05) is 30.3 Å². The fourth-order valence-electron chi connectivity index (χ4n) is 3.80. The Morgan fingerprint density at radius 3 is 2.19 bits per heavy atom. The first-order valence-corrected chi connectivity index (χ1v) is 10.9. The molecule has 0 aliphatic carbocycles. The standard InChI is InChI=1S/C26H17IN4/c1-16-7-9-17(10-8-16)22-21(15-28)24(18-5-3-2-4-6-18)29-26-23(22)25(30-31-26)19-11-13-20(27)14-12-19/h2-14H,1H3,(H,29,30,31). The largest absolute Gasteiger partial charge is 0.275 e. The molecule has 0 bridgehead atoms. The topological polar surface area (TPSA) is 65.4 Å². The lowest BCUT2D eigenvalue weighted by Crippen LogP contribution is -1.96. The number of hydrogen-bond donors (Lipinski definition) is 1. The van der Waals surface area contributed by atoms with Crippen molar-refractivity contribution in [3.05, 3.63) is 93.6 Å². The molecule has 5 rings (SSSR count). The van der Waals surface area contributed by atoms with E-state index >= 15 is 0 Å². The highest BCUT2D eigenvalue weighted by molar-refractivity contribution is 14.1. The van der Waals surface area contributed by atoms with Crippen LogP contribution in [0.3, 0.4) is 0 Å². The molecule has 2 aromatic heterocycles. The van der Waals surface area contributed by atoms with E-state index in [1.165, 1.54) is 5.56 Å². The van der Waals surface area contributed by atoms with Crippen LogP contribution in [0.15, 0.2) is 78.9 Å². The van der Waals surface area contributed by atoms with Gasteiger partial charge >= 0.3 is 0 Å². The quantitative estimate of drug-likeness (QED) is 0.272. The number of pyridine rings is 1. The highest BCUT2D eigenvalue weighted by atomic mass is 127. The Balaban J connectivity index is 1.90. The molecule has 0 radical (unpaired) electrons. The zero-order chi connectivity index (χ0) is 21.4. The normalized spacial score (nSPS) is 10.9. The fraction of sp³-hybridized carbons (Fsp3) is 0.0385. The zero-order valence-electron chi connectivity index (χ0n) is 16.7.